The van der Waals surface area contributed by atoms with Crippen LogP contribution in [0.2, 0.25) is 0 Å². The fraction of sp³-hybridized carbons (Fsp3) is 0.625. The molecule has 106 valence electrons. The molecule has 0 amide bonds. The Labute approximate surface area is 114 Å². The first-order chi connectivity index (χ1) is 9.04. The number of rotatable bonds is 7. The first-order valence-corrected chi connectivity index (χ1v) is 7.22. The maximum absolute atomic E-state index is 13.7. The van der Waals surface area contributed by atoms with Crippen LogP contribution >= 0.6 is 0 Å². The predicted molar refractivity (Wildman–Crippen MR) is 74.0 cm³/mol. The molecule has 19 heavy (non-hydrogen) atoms. The normalized spacial score (nSPS) is 16.9. The highest BCUT2D eigenvalue weighted by Gasteiger charge is 2.22. The van der Waals surface area contributed by atoms with E-state index in [4.69, 9.17) is 0 Å². The Balaban J connectivity index is 1.97. The van der Waals surface area contributed by atoms with Crippen LogP contribution in [0, 0.1) is 23.5 Å². The summed E-state index contributed by atoms with van der Waals surface area (Å²) in [6.07, 6.45) is 4.16. The zero-order valence-corrected chi connectivity index (χ0v) is 11.8. The van der Waals surface area contributed by atoms with Crippen molar-refractivity contribution in [2.24, 2.45) is 11.8 Å². The van der Waals surface area contributed by atoms with E-state index in [2.05, 4.69) is 19.2 Å². The van der Waals surface area contributed by atoms with Crippen molar-refractivity contribution in [3.05, 3.63) is 35.4 Å². The second kappa shape index (κ2) is 6.47. The lowest BCUT2D eigenvalue weighted by Crippen LogP contribution is -2.27. The van der Waals surface area contributed by atoms with Crippen LogP contribution in [-0.4, -0.2) is 12.6 Å². The van der Waals surface area contributed by atoms with E-state index in [0.717, 1.165) is 13.0 Å². The van der Waals surface area contributed by atoms with Crippen molar-refractivity contribution in [1.82, 2.24) is 5.32 Å². The van der Waals surface area contributed by atoms with Crippen LogP contribution in [0.1, 0.15) is 38.7 Å². The SMILES string of the molecule is CC(C)CC(CNC1CC1)Cc1cc(F)ccc1F. The molecular formula is C16H23F2N. The van der Waals surface area contributed by atoms with E-state index < -0.39 is 0 Å². The zero-order valence-electron chi connectivity index (χ0n) is 11.8. The molecule has 1 saturated carbocycles. The van der Waals surface area contributed by atoms with Crippen molar-refractivity contribution in [2.45, 2.75) is 45.6 Å². The lowest BCUT2D eigenvalue weighted by Gasteiger charge is -2.20. The quantitative estimate of drug-likeness (QED) is 0.789. The summed E-state index contributed by atoms with van der Waals surface area (Å²) in [5.74, 6) is 0.302. The minimum absolute atomic E-state index is 0.290. The Morgan fingerprint density at radius 3 is 2.63 bits per heavy atom. The standard InChI is InChI=1S/C16H23F2N/c1-11(2)7-12(10-19-15-4-5-15)8-13-9-14(17)3-6-16(13)18/h3,6,9,11-12,15,19H,4-5,7-8,10H2,1-2H3. The van der Waals surface area contributed by atoms with Gasteiger partial charge in [0.15, 0.2) is 0 Å². The Morgan fingerprint density at radius 2 is 2.00 bits per heavy atom. The van der Waals surface area contributed by atoms with Crippen molar-refractivity contribution in [1.29, 1.82) is 0 Å². The van der Waals surface area contributed by atoms with Crippen LogP contribution < -0.4 is 5.32 Å². The minimum Gasteiger partial charge on any atom is -0.314 e. The largest absolute Gasteiger partial charge is 0.314 e. The molecule has 1 N–H and O–H groups in total. The number of benzene rings is 1. The van der Waals surface area contributed by atoms with E-state index in [0.29, 0.717) is 29.9 Å². The maximum Gasteiger partial charge on any atom is 0.126 e. The summed E-state index contributed by atoms with van der Waals surface area (Å²) in [6, 6.07) is 4.40. The molecule has 0 spiro atoms. The highest BCUT2D eigenvalue weighted by atomic mass is 19.1. The molecule has 0 aromatic heterocycles. The highest BCUT2D eigenvalue weighted by molar-refractivity contribution is 5.19. The summed E-state index contributed by atoms with van der Waals surface area (Å²) in [5.41, 5.74) is 0.503. The number of hydrogen-bond acceptors (Lipinski definition) is 1. The Bertz CT molecular complexity index is 413. The third kappa shape index (κ3) is 4.90. The summed E-state index contributed by atoms with van der Waals surface area (Å²) in [5, 5.41) is 3.50. The molecule has 0 saturated heterocycles. The van der Waals surface area contributed by atoms with Gasteiger partial charge in [0.05, 0.1) is 0 Å². The summed E-state index contributed by atoms with van der Waals surface area (Å²) < 4.78 is 26.9. The smallest absolute Gasteiger partial charge is 0.126 e. The van der Waals surface area contributed by atoms with Crippen LogP contribution in [0.4, 0.5) is 8.78 Å². The van der Waals surface area contributed by atoms with Crippen LogP contribution in [0.3, 0.4) is 0 Å². The van der Waals surface area contributed by atoms with Gasteiger partial charge < -0.3 is 5.32 Å². The van der Waals surface area contributed by atoms with Gasteiger partial charge in [0.1, 0.15) is 11.6 Å². The van der Waals surface area contributed by atoms with Gasteiger partial charge in [-0.1, -0.05) is 13.8 Å². The molecule has 1 unspecified atom stereocenters. The second-order valence-corrected chi connectivity index (χ2v) is 6.12. The monoisotopic (exact) mass is 267 g/mol. The summed E-state index contributed by atoms with van der Waals surface area (Å²) in [6.45, 7) is 5.25. The molecule has 0 radical (unpaired) electrons. The fourth-order valence-corrected chi connectivity index (χ4v) is 2.54. The third-order valence-electron chi connectivity index (χ3n) is 3.59. The summed E-state index contributed by atoms with van der Waals surface area (Å²) in [4.78, 5) is 0. The predicted octanol–water partition coefficient (Wildman–Crippen LogP) is 3.92. The van der Waals surface area contributed by atoms with Gasteiger partial charge in [-0.2, -0.15) is 0 Å². The van der Waals surface area contributed by atoms with Gasteiger partial charge in [-0.25, -0.2) is 8.78 Å². The van der Waals surface area contributed by atoms with E-state index in [9.17, 15) is 8.78 Å². The molecule has 0 aliphatic heterocycles. The van der Waals surface area contributed by atoms with Gasteiger partial charge >= 0.3 is 0 Å². The first kappa shape index (κ1) is 14.4. The lowest BCUT2D eigenvalue weighted by atomic mass is 9.90. The van der Waals surface area contributed by atoms with Crippen molar-refractivity contribution in [2.75, 3.05) is 6.54 Å². The Kier molecular flexibility index (Phi) is 4.92. The molecule has 0 bridgehead atoms. The molecule has 1 aliphatic rings. The average molecular weight is 267 g/mol. The van der Waals surface area contributed by atoms with Gasteiger partial charge in [0, 0.05) is 6.04 Å². The molecular weight excluding hydrogens is 244 g/mol. The highest BCUT2D eigenvalue weighted by Crippen LogP contribution is 2.23. The molecule has 0 heterocycles. The number of halogens is 2. The van der Waals surface area contributed by atoms with Gasteiger partial charge in [0.25, 0.3) is 0 Å². The minimum atomic E-state index is -0.352. The number of hydrogen-bond donors (Lipinski definition) is 1. The van der Waals surface area contributed by atoms with Gasteiger partial charge in [-0.3, -0.25) is 0 Å². The lowest BCUT2D eigenvalue weighted by molar-refractivity contribution is 0.379. The van der Waals surface area contributed by atoms with Crippen molar-refractivity contribution in [3.63, 3.8) is 0 Å². The van der Waals surface area contributed by atoms with Gasteiger partial charge in [0.2, 0.25) is 0 Å². The van der Waals surface area contributed by atoms with E-state index in [1.807, 2.05) is 0 Å². The van der Waals surface area contributed by atoms with Gasteiger partial charge in [-0.05, 0) is 67.8 Å². The van der Waals surface area contributed by atoms with E-state index in [1.165, 1.54) is 31.0 Å². The molecule has 1 aromatic rings. The van der Waals surface area contributed by atoms with Crippen molar-refractivity contribution >= 4 is 0 Å². The van der Waals surface area contributed by atoms with E-state index in [1.54, 1.807) is 0 Å². The molecule has 1 aliphatic carbocycles. The van der Waals surface area contributed by atoms with Crippen LogP contribution in [-0.2, 0) is 6.42 Å². The molecule has 1 fully saturated rings. The average Bonchev–Trinajstić information content (AvgIpc) is 3.14. The zero-order chi connectivity index (χ0) is 13.8. The number of nitrogens with one attached hydrogen (secondary N) is 1. The maximum atomic E-state index is 13.7. The molecule has 3 heteroatoms. The molecule has 1 aromatic carbocycles. The second-order valence-electron chi connectivity index (χ2n) is 6.12. The summed E-state index contributed by atoms with van der Waals surface area (Å²) >= 11 is 0. The Morgan fingerprint density at radius 1 is 1.26 bits per heavy atom. The molecule has 1 nitrogen and oxygen atoms in total. The topological polar surface area (TPSA) is 12.0 Å². The molecule has 2 rings (SSSR count). The van der Waals surface area contributed by atoms with Gasteiger partial charge in [-0.15, -0.1) is 0 Å². The van der Waals surface area contributed by atoms with Crippen LogP contribution in [0.5, 0.6) is 0 Å². The first-order valence-electron chi connectivity index (χ1n) is 7.22. The summed E-state index contributed by atoms with van der Waals surface area (Å²) in [7, 11) is 0. The van der Waals surface area contributed by atoms with Crippen LogP contribution in [0.25, 0.3) is 0 Å². The third-order valence-corrected chi connectivity index (χ3v) is 3.59. The van der Waals surface area contributed by atoms with E-state index in [-0.39, 0.29) is 11.6 Å². The molecule has 1 atom stereocenters. The van der Waals surface area contributed by atoms with Crippen LogP contribution in [0.15, 0.2) is 18.2 Å². The van der Waals surface area contributed by atoms with Crippen molar-refractivity contribution in [3.8, 4) is 0 Å². The van der Waals surface area contributed by atoms with Crippen molar-refractivity contribution < 1.29 is 8.78 Å². The Hall–Kier alpha value is -0.960. The fourth-order valence-electron chi connectivity index (χ4n) is 2.54. The van der Waals surface area contributed by atoms with E-state index >= 15 is 0 Å².